The third-order valence-electron chi connectivity index (χ3n) is 4.96. The number of carbonyl (C=O) groups is 3. The zero-order chi connectivity index (χ0) is 18.4. The summed E-state index contributed by atoms with van der Waals surface area (Å²) in [5, 5.41) is 5.43. The van der Waals surface area contributed by atoms with Crippen molar-refractivity contribution >= 4 is 28.8 Å². The largest absolute Gasteiger partial charge is 0.458 e. The number of imide groups is 1. The Hall–Kier alpha value is -2.87. The van der Waals surface area contributed by atoms with Gasteiger partial charge in [0.1, 0.15) is 11.3 Å². The molecule has 0 bridgehead atoms. The molecule has 136 valence electrons. The highest BCUT2D eigenvalue weighted by molar-refractivity contribution is 6.05. The molecule has 8 heteroatoms. The van der Waals surface area contributed by atoms with Crippen LogP contribution in [0.15, 0.2) is 22.6 Å². The number of hydrogen-bond donors (Lipinski definition) is 2. The maximum Gasteiger partial charge on any atom is 0.322 e. The summed E-state index contributed by atoms with van der Waals surface area (Å²) in [6.07, 6.45) is 0. The van der Waals surface area contributed by atoms with Crippen molar-refractivity contribution in [3.63, 3.8) is 0 Å². The van der Waals surface area contributed by atoms with Crippen LogP contribution in [0.5, 0.6) is 0 Å². The van der Waals surface area contributed by atoms with Crippen LogP contribution in [0.25, 0.3) is 11.0 Å². The predicted octanol–water partition coefficient (Wildman–Crippen LogP) is 1.01. The molecule has 0 spiro atoms. The average molecular weight is 356 g/mol. The quantitative estimate of drug-likeness (QED) is 0.783. The van der Waals surface area contributed by atoms with Gasteiger partial charge < -0.3 is 19.5 Å². The molecule has 4 amide bonds. The van der Waals surface area contributed by atoms with Crippen LogP contribution >= 0.6 is 0 Å². The van der Waals surface area contributed by atoms with E-state index < -0.39 is 18.0 Å². The van der Waals surface area contributed by atoms with E-state index in [-0.39, 0.29) is 5.91 Å². The van der Waals surface area contributed by atoms with Gasteiger partial charge in [-0.1, -0.05) is 0 Å². The minimum absolute atomic E-state index is 0.00663. The average Bonchev–Trinajstić information content (AvgIpc) is 3.16. The third kappa shape index (κ3) is 2.82. The zero-order valence-corrected chi connectivity index (χ0v) is 14.7. The fourth-order valence-corrected chi connectivity index (χ4v) is 3.38. The summed E-state index contributed by atoms with van der Waals surface area (Å²) < 4.78 is 5.74. The maximum atomic E-state index is 12.9. The number of carbonyl (C=O) groups excluding carboxylic acids is 3. The molecule has 2 aliphatic heterocycles. The Balaban J connectivity index is 1.65. The van der Waals surface area contributed by atoms with Crippen molar-refractivity contribution in [1.82, 2.24) is 20.4 Å². The smallest absolute Gasteiger partial charge is 0.322 e. The van der Waals surface area contributed by atoms with Crippen LogP contribution in [0.1, 0.15) is 27.7 Å². The summed E-state index contributed by atoms with van der Waals surface area (Å²) in [6, 6.07) is 3.92. The van der Waals surface area contributed by atoms with Crippen LogP contribution in [0, 0.1) is 6.92 Å². The molecule has 0 aliphatic carbocycles. The van der Waals surface area contributed by atoms with Crippen molar-refractivity contribution in [2.75, 3.05) is 33.2 Å². The highest BCUT2D eigenvalue weighted by Crippen LogP contribution is 2.28. The molecule has 26 heavy (non-hydrogen) atoms. The normalized spacial score (nSPS) is 21.2. The SMILES string of the molecule is Cc1cc2oc([C@@H]3NC(=O)NC3=O)cc2cc1C(=O)N1CCN(C)CC1. The molecule has 2 saturated heterocycles. The van der Waals surface area contributed by atoms with Crippen molar-refractivity contribution in [2.24, 2.45) is 0 Å². The van der Waals surface area contributed by atoms with E-state index in [0.29, 0.717) is 30.0 Å². The number of likely N-dealkylation sites (N-methyl/N-ethyl adjacent to an activating group) is 1. The van der Waals surface area contributed by atoms with Gasteiger partial charge in [-0.2, -0.15) is 0 Å². The molecule has 1 aromatic heterocycles. The molecule has 0 radical (unpaired) electrons. The minimum atomic E-state index is -0.841. The van der Waals surface area contributed by atoms with Crippen molar-refractivity contribution in [3.8, 4) is 0 Å². The fourth-order valence-electron chi connectivity index (χ4n) is 3.38. The summed E-state index contributed by atoms with van der Waals surface area (Å²) in [6.45, 7) is 5.00. The monoisotopic (exact) mass is 356 g/mol. The molecule has 0 unspecified atom stereocenters. The third-order valence-corrected chi connectivity index (χ3v) is 4.96. The van der Waals surface area contributed by atoms with E-state index in [2.05, 4.69) is 15.5 Å². The van der Waals surface area contributed by atoms with E-state index in [1.54, 1.807) is 18.2 Å². The summed E-state index contributed by atoms with van der Waals surface area (Å²) in [4.78, 5) is 40.1. The molecule has 1 aromatic carbocycles. The number of nitrogens with zero attached hydrogens (tertiary/aromatic N) is 2. The topological polar surface area (TPSA) is 94.9 Å². The Morgan fingerprint density at radius 1 is 1.15 bits per heavy atom. The van der Waals surface area contributed by atoms with Crippen LogP contribution in [0.2, 0.25) is 0 Å². The molecule has 0 saturated carbocycles. The lowest BCUT2D eigenvalue weighted by atomic mass is 10.0. The Morgan fingerprint density at radius 3 is 2.54 bits per heavy atom. The summed E-state index contributed by atoms with van der Waals surface area (Å²) in [7, 11) is 2.05. The van der Waals surface area contributed by atoms with Crippen molar-refractivity contribution in [3.05, 3.63) is 35.1 Å². The molecule has 4 rings (SSSR count). The van der Waals surface area contributed by atoms with Crippen molar-refractivity contribution in [2.45, 2.75) is 13.0 Å². The molecule has 3 heterocycles. The number of nitrogens with one attached hydrogen (secondary N) is 2. The second kappa shape index (κ2) is 6.14. The second-order valence-electron chi connectivity index (χ2n) is 6.84. The number of amides is 4. The molecule has 1 atom stereocenters. The summed E-state index contributed by atoms with van der Waals surface area (Å²) in [5.74, 6) is -0.0846. The number of furan rings is 1. The van der Waals surface area contributed by atoms with E-state index in [0.717, 1.165) is 24.0 Å². The number of aryl methyl sites for hydroxylation is 1. The number of fused-ring (bicyclic) bond motifs is 1. The number of hydrogen-bond acceptors (Lipinski definition) is 5. The molecule has 2 fully saturated rings. The van der Waals surface area contributed by atoms with Crippen LogP contribution in [0.3, 0.4) is 0 Å². The first-order valence-corrected chi connectivity index (χ1v) is 8.55. The van der Waals surface area contributed by atoms with Crippen LogP contribution in [0.4, 0.5) is 4.79 Å². The Kier molecular flexibility index (Phi) is 3.91. The van der Waals surface area contributed by atoms with Gasteiger partial charge in [-0.3, -0.25) is 14.9 Å². The zero-order valence-electron chi connectivity index (χ0n) is 14.7. The Labute approximate surface area is 150 Å². The Bertz CT molecular complexity index is 911. The van der Waals surface area contributed by atoms with E-state index in [9.17, 15) is 14.4 Å². The van der Waals surface area contributed by atoms with Gasteiger partial charge in [-0.15, -0.1) is 0 Å². The number of piperazine rings is 1. The summed E-state index contributed by atoms with van der Waals surface area (Å²) >= 11 is 0. The maximum absolute atomic E-state index is 12.9. The van der Waals surface area contributed by atoms with E-state index in [4.69, 9.17) is 4.42 Å². The van der Waals surface area contributed by atoms with Crippen molar-refractivity contribution in [1.29, 1.82) is 0 Å². The number of rotatable bonds is 2. The summed E-state index contributed by atoms with van der Waals surface area (Å²) in [5.41, 5.74) is 2.04. The van der Waals surface area contributed by atoms with Gasteiger partial charge in [0.2, 0.25) is 0 Å². The number of urea groups is 1. The van der Waals surface area contributed by atoms with Gasteiger partial charge in [0.15, 0.2) is 6.04 Å². The van der Waals surface area contributed by atoms with Gasteiger partial charge >= 0.3 is 6.03 Å². The first-order valence-electron chi connectivity index (χ1n) is 8.55. The van der Waals surface area contributed by atoms with Crippen LogP contribution in [-0.2, 0) is 4.79 Å². The molecule has 2 N–H and O–H groups in total. The standard InChI is InChI=1S/C18H20N4O4/c1-10-7-13-11(9-14(26-13)15-16(23)20-18(25)19-15)8-12(10)17(24)22-5-3-21(2)4-6-22/h7-9,15H,3-6H2,1-2H3,(H2,19,20,23,25)/t15-/m0/s1. The Morgan fingerprint density at radius 2 is 1.88 bits per heavy atom. The van der Waals surface area contributed by atoms with E-state index in [1.807, 2.05) is 18.9 Å². The molecular formula is C18H20N4O4. The predicted molar refractivity (Wildman–Crippen MR) is 93.8 cm³/mol. The molecule has 2 aliphatic rings. The lowest BCUT2D eigenvalue weighted by molar-refractivity contribution is -0.120. The van der Waals surface area contributed by atoms with Crippen molar-refractivity contribution < 1.29 is 18.8 Å². The van der Waals surface area contributed by atoms with Crippen LogP contribution < -0.4 is 10.6 Å². The highest BCUT2D eigenvalue weighted by atomic mass is 16.3. The van der Waals surface area contributed by atoms with Gasteiger partial charge in [0.25, 0.3) is 11.8 Å². The van der Waals surface area contributed by atoms with Gasteiger partial charge in [-0.25, -0.2) is 4.79 Å². The fraction of sp³-hybridized carbons (Fsp3) is 0.389. The lowest BCUT2D eigenvalue weighted by Gasteiger charge is -2.32. The van der Waals surface area contributed by atoms with Gasteiger partial charge in [-0.05, 0) is 37.7 Å². The van der Waals surface area contributed by atoms with Gasteiger partial charge in [0, 0.05) is 37.1 Å². The molecular weight excluding hydrogens is 336 g/mol. The van der Waals surface area contributed by atoms with E-state index >= 15 is 0 Å². The second-order valence-corrected chi connectivity index (χ2v) is 6.84. The lowest BCUT2D eigenvalue weighted by Crippen LogP contribution is -2.47. The first kappa shape index (κ1) is 16.6. The highest BCUT2D eigenvalue weighted by Gasteiger charge is 2.33. The minimum Gasteiger partial charge on any atom is -0.458 e. The van der Waals surface area contributed by atoms with Gasteiger partial charge in [0.05, 0.1) is 0 Å². The first-order chi connectivity index (χ1) is 12.4. The molecule has 2 aromatic rings. The number of benzene rings is 1. The molecule has 8 nitrogen and oxygen atoms in total. The van der Waals surface area contributed by atoms with Crippen LogP contribution in [-0.4, -0.2) is 60.9 Å². The van der Waals surface area contributed by atoms with E-state index in [1.165, 1.54) is 0 Å².